The molecule has 37 heavy (non-hydrogen) atoms. The molecule has 5 rings (SSSR count). The molecule has 1 amide bonds. The number of aromatic nitrogens is 6. The van der Waals surface area contributed by atoms with Gasteiger partial charge in [-0.1, -0.05) is 0 Å². The Morgan fingerprint density at radius 1 is 1.19 bits per heavy atom. The van der Waals surface area contributed by atoms with Gasteiger partial charge in [0.2, 0.25) is 0 Å². The van der Waals surface area contributed by atoms with Gasteiger partial charge in [0.15, 0.2) is 5.82 Å². The predicted molar refractivity (Wildman–Crippen MR) is 138 cm³/mol. The highest BCUT2D eigenvalue weighted by Gasteiger charge is 2.25. The number of nitrogens with zero attached hydrogens (tertiary/aromatic N) is 6. The van der Waals surface area contributed by atoms with Crippen LogP contribution in [0.5, 0.6) is 0 Å². The molecule has 0 saturated heterocycles. The smallest absolute Gasteiger partial charge is 0.290 e. The Morgan fingerprint density at radius 2 is 2.00 bits per heavy atom. The first-order valence-electron chi connectivity index (χ1n) is 11.9. The average Bonchev–Trinajstić information content (AvgIpc) is 3.65. The third-order valence-corrected chi connectivity index (χ3v) is 6.19. The second-order valence-electron chi connectivity index (χ2n) is 8.90. The minimum absolute atomic E-state index is 0.0503. The van der Waals surface area contributed by atoms with Crippen molar-refractivity contribution >= 4 is 28.9 Å². The lowest BCUT2D eigenvalue weighted by Gasteiger charge is -2.14. The molecule has 0 radical (unpaired) electrons. The van der Waals surface area contributed by atoms with E-state index in [1.807, 2.05) is 24.9 Å². The number of aryl methyl sites for hydroxylation is 1. The van der Waals surface area contributed by atoms with Crippen LogP contribution in [-0.4, -0.2) is 49.4 Å². The number of hydrogen-bond acceptors (Lipinski definition) is 8. The van der Waals surface area contributed by atoms with Crippen LogP contribution in [0.3, 0.4) is 0 Å². The van der Waals surface area contributed by atoms with E-state index in [1.54, 1.807) is 6.07 Å². The zero-order chi connectivity index (χ0) is 26.1. The Bertz CT molecular complexity index is 1510. The first-order chi connectivity index (χ1) is 17.8. The number of carbonyl (C=O) groups is 1. The van der Waals surface area contributed by atoms with Crippen molar-refractivity contribution < 1.29 is 9.18 Å². The van der Waals surface area contributed by atoms with E-state index in [0.717, 1.165) is 25.1 Å². The number of benzene rings is 1. The Balaban J connectivity index is 1.38. The molecule has 1 aromatic carbocycles. The van der Waals surface area contributed by atoms with Crippen molar-refractivity contribution in [1.82, 2.24) is 29.9 Å². The standard InChI is InChI=1S/C25H26FN9O2/c1-4-34(2)23-13-27-21(12-28-23)24(36)30-19-9-15(7-8-16(19)26)18-10-20(25(37)35(3)33-18)29-22-11-17(31-32-22)14-5-6-14/h7-14H,4-6H2,1-3H3,(H,30,36)(H2,29,31,32). The highest BCUT2D eigenvalue weighted by Crippen LogP contribution is 2.39. The van der Waals surface area contributed by atoms with Gasteiger partial charge in [-0.2, -0.15) is 10.2 Å². The van der Waals surface area contributed by atoms with Crippen molar-refractivity contribution in [2.75, 3.05) is 29.1 Å². The van der Waals surface area contributed by atoms with E-state index >= 15 is 0 Å². The minimum atomic E-state index is -0.625. The third kappa shape index (κ3) is 5.17. The van der Waals surface area contributed by atoms with E-state index in [0.29, 0.717) is 28.8 Å². The molecule has 0 aliphatic heterocycles. The maximum atomic E-state index is 14.6. The Labute approximate surface area is 211 Å². The number of anilines is 4. The molecule has 3 N–H and O–H groups in total. The number of nitrogens with one attached hydrogen (secondary N) is 3. The Morgan fingerprint density at radius 3 is 2.70 bits per heavy atom. The van der Waals surface area contributed by atoms with Crippen molar-refractivity contribution in [1.29, 1.82) is 0 Å². The summed E-state index contributed by atoms with van der Waals surface area (Å²) in [6.07, 6.45) is 5.08. The van der Waals surface area contributed by atoms with Gasteiger partial charge in [-0.15, -0.1) is 0 Å². The molecule has 1 saturated carbocycles. The predicted octanol–water partition coefficient (Wildman–Crippen LogP) is 3.43. The van der Waals surface area contributed by atoms with Gasteiger partial charge >= 0.3 is 0 Å². The van der Waals surface area contributed by atoms with Gasteiger partial charge in [-0.05, 0) is 44.0 Å². The molecule has 11 nitrogen and oxygen atoms in total. The molecule has 0 spiro atoms. The van der Waals surface area contributed by atoms with Gasteiger partial charge in [0.05, 0.1) is 23.8 Å². The fraction of sp³-hybridized carbons (Fsp3) is 0.280. The summed E-state index contributed by atoms with van der Waals surface area (Å²) in [5, 5.41) is 17.1. The van der Waals surface area contributed by atoms with Gasteiger partial charge in [0, 0.05) is 43.9 Å². The molecule has 3 heterocycles. The lowest BCUT2D eigenvalue weighted by molar-refractivity contribution is 0.102. The zero-order valence-corrected chi connectivity index (χ0v) is 20.6. The zero-order valence-electron chi connectivity index (χ0n) is 20.6. The van der Waals surface area contributed by atoms with E-state index in [9.17, 15) is 14.0 Å². The number of halogens is 1. The quantitative estimate of drug-likeness (QED) is 0.333. The van der Waals surface area contributed by atoms with E-state index in [1.165, 1.54) is 42.3 Å². The van der Waals surface area contributed by atoms with E-state index in [2.05, 4.69) is 35.9 Å². The van der Waals surface area contributed by atoms with Crippen LogP contribution in [0.4, 0.5) is 27.4 Å². The highest BCUT2D eigenvalue weighted by atomic mass is 19.1. The molecular weight excluding hydrogens is 477 g/mol. The van der Waals surface area contributed by atoms with Crippen LogP contribution in [0.15, 0.2) is 47.5 Å². The average molecular weight is 504 g/mol. The third-order valence-electron chi connectivity index (χ3n) is 6.19. The lowest BCUT2D eigenvalue weighted by atomic mass is 10.1. The Hall–Kier alpha value is -4.61. The van der Waals surface area contributed by atoms with Crippen LogP contribution >= 0.6 is 0 Å². The molecule has 1 fully saturated rings. The summed E-state index contributed by atoms with van der Waals surface area (Å²) in [7, 11) is 3.39. The molecule has 3 aromatic heterocycles. The molecule has 1 aliphatic rings. The summed E-state index contributed by atoms with van der Waals surface area (Å²) in [6, 6.07) is 7.66. The van der Waals surface area contributed by atoms with Crippen LogP contribution in [0.2, 0.25) is 0 Å². The molecule has 1 aliphatic carbocycles. The molecular formula is C25H26FN9O2. The number of carbonyl (C=O) groups excluding carboxylic acids is 1. The minimum Gasteiger partial charge on any atom is -0.359 e. The topological polar surface area (TPSA) is 134 Å². The van der Waals surface area contributed by atoms with Gasteiger partial charge in [0.1, 0.15) is 23.0 Å². The molecule has 0 bridgehead atoms. The summed E-state index contributed by atoms with van der Waals surface area (Å²) < 4.78 is 15.8. The largest absolute Gasteiger partial charge is 0.359 e. The number of H-pyrrole nitrogens is 1. The number of aromatic amines is 1. The van der Waals surface area contributed by atoms with Gasteiger partial charge in [-0.3, -0.25) is 14.7 Å². The summed E-state index contributed by atoms with van der Waals surface area (Å²) in [4.78, 5) is 35.6. The summed E-state index contributed by atoms with van der Waals surface area (Å²) in [5.74, 6) is 0.416. The van der Waals surface area contributed by atoms with Crippen molar-refractivity contribution in [3.05, 3.63) is 70.3 Å². The summed E-state index contributed by atoms with van der Waals surface area (Å²) in [5.41, 5.74) is 1.87. The van der Waals surface area contributed by atoms with Gasteiger partial charge < -0.3 is 15.5 Å². The first kappa shape index (κ1) is 24.1. The van der Waals surface area contributed by atoms with Crippen LogP contribution in [0.25, 0.3) is 11.3 Å². The maximum Gasteiger partial charge on any atom is 0.290 e. The van der Waals surface area contributed by atoms with Crippen LogP contribution in [-0.2, 0) is 7.05 Å². The number of rotatable bonds is 8. The monoisotopic (exact) mass is 503 g/mol. The molecule has 0 atom stereocenters. The normalized spacial score (nSPS) is 12.9. The summed E-state index contributed by atoms with van der Waals surface area (Å²) in [6.45, 7) is 2.70. The molecule has 0 unspecified atom stereocenters. The van der Waals surface area contributed by atoms with Crippen molar-refractivity contribution in [2.45, 2.75) is 25.7 Å². The summed E-state index contributed by atoms with van der Waals surface area (Å²) >= 11 is 0. The van der Waals surface area contributed by atoms with Gasteiger partial charge in [-0.25, -0.2) is 19.0 Å². The highest BCUT2D eigenvalue weighted by molar-refractivity contribution is 6.03. The van der Waals surface area contributed by atoms with E-state index in [-0.39, 0.29) is 22.6 Å². The molecule has 4 aromatic rings. The maximum absolute atomic E-state index is 14.6. The van der Waals surface area contributed by atoms with Crippen LogP contribution in [0, 0.1) is 5.82 Å². The Kier molecular flexibility index (Phi) is 6.38. The molecule has 12 heteroatoms. The first-order valence-corrected chi connectivity index (χ1v) is 11.9. The SMILES string of the molecule is CCN(C)c1cnc(C(=O)Nc2cc(-c3cc(Nc4cc(C5CC5)[nH]n4)c(=O)n(C)n3)ccc2F)cn1. The number of amides is 1. The molecule has 190 valence electrons. The second kappa shape index (κ2) is 9.80. The van der Waals surface area contributed by atoms with Crippen molar-refractivity contribution in [3.8, 4) is 11.3 Å². The second-order valence-corrected chi connectivity index (χ2v) is 8.90. The van der Waals surface area contributed by atoms with Gasteiger partial charge in [0.25, 0.3) is 11.5 Å². The lowest BCUT2D eigenvalue weighted by Crippen LogP contribution is -2.22. The van der Waals surface area contributed by atoms with Crippen molar-refractivity contribution in [3.63, 3.8) is 0 Å². The fourth-order valence-corrected chi connectivity index (χ4v) is 3.75. The van der Waals surface area contributed by atoms with Crippen molar-refractivity contribution in [2.24, 2.45) is 7.05 Å². The van der Waals surface area contributed by atoms with E-state index in [4.69, 9.17) is 0 Å². The number of hydrogen-bond donors (Lipinski definition) is 3. The van der Waals surface area contributed by atoms with Crippen LogP contribution < -0.4 is 21.1 Å². The van der Waals surface area contributed by atoms with E-state index < -0.39 is 11.7 Å². The van der Waals surface area contributed by atoms with Crippen LogP contribution in [0.1, 0.15) is 41.9 Å². The fourth-order valence-electron chi connectivity index (χ4n) is 3.75.